The summed E-state index contributed by atoms with van der Waals surface area (Å²) < 4.78 is 0. The van der Waals surface area contributed by atoms with Crippen molar-refractivity contribution < 1.29 is 0 Å². The Morgan fingerprint density at radius 3 is 1.70 bits per heavy atom. The number of hydrogen-bond donors (Lipinski definition) is 0. The van der Waals surface area contributed by atoms with E-state index in [1.807, 2.05) is 0 Å². The summed E-state index contributed by atoms with van der Waals surface area (Å²) in [5, 5.41) is 10.4. The highest BCUT2D eigenvalue weighted by Crippen LogP contribution is 2.49. The molecule has 10 rings (SSSR count). The number of hydrogen-bond acceptors (Lipinski definition) is 0. The average molecular weight is 581 g/mol. The van der Waals surface area contributed by atoms with Gasteiger partial charge in [0.1, 0.15) is 0 Å². The van der Waals surface area contributed by atoms with E-state index in [1.165, 1.54) is 98.7 Å². The van der Waals surface area contributed by atoms with Crippen molar-refractivity contribution in [2.75, 3.05) is 0 Å². The van der Waals surface area contributed by atoms with Crippen LogP contribution in [-0.2, 0) is 0 Å². The second-order valence-electron chi connectivity index (χ2n) is 12.4. The Labute approximate surface area is 267 Å². The monoisotopic (exact) mass is 580 g/mol. The van der Waals surface area contributed by atoms with E-state index in [1.54, 1.807) is 0 Å². The van der Waals surface area contributed by atoms with Gasteiger partial charge in [0.05, 0.1) is 0 Å². The normalized spacial score (nSPS) is 11.9. The zero-order valence-electron chi connectivity index (χ0n) is 25.2. The van der Waals surface area contributed by atoms with Crippen LogP contribution in [0.1, 0.15) is 0 Å². The molecule has 1 aliphatic rings. The molecule has 0 heterocycles. The van der Waals surface area contributed by atoms with Crippen LogP contribution in [0.5, 0.6) is 0 Å². The molecular weight excluding hydrogens is 553 g/mol. The lowest BCUT2D eigenvalue weighted by Gasteiger charge is -2.15. The third-order valence-corrected chi connectivity index (χ3v) is 10.00. The molecule has 0 unspecified atom stereocenters. The molecule has 0 atom stereocenters. The van der Waals surface area contributed by atoms with Gasteiger partial charge in [-0.3, -0.25) is 0 Å². The van der Waals surface area contributed by atoms with Crippen LogP contribution < -0.4 is 0 Å². The molecule has 1 aliphatic carbocycles. The maximum Gasteiger partial charge on any atom is -0.00201 e. The maximum absolute atomic E-state index is 2.36. The highest BCUT2D eigenvalue weighted by Gasteiger charge is 2.22. The topological polar surface area (TPSA) is 0 Å². The van der Waals surface area contributed by atoms with Gasteiger partial charge in [0.15, 0.2) is 0 Å². The third kappa shape index (κ3) is 3.68. The molecule has 0 radical (unpaired) electrons. The minimum absolute atomic E-state index is 1.22. The smallest absolute Gasteiger partial charge is 0.00201 e. The number of fused-ring (bicyclic) bond motifs is 7. The molecule has 0 saturated carbocycles. The van der Waals surface area contributed by atoms with E-state index in [9.17, 15) is 0 Å². The predicted octanol–water partition coefficient (Wildman–Crippen LogP) is 12.9. The molecule has 212 valence electrons. The van der Waals surface area contributed by atoms with Crippen LogP contribution in [0.15, 0.2) is 170 Å². The lowest BCUT2D eigenvalue weighted by Crippen LogP contribution is -1.88. The first-order valence-corrected chi connectivity index (χ1v) is 16.0. The summed E-state index contributed by atoms with van der Waals surface area (Å²) in [5.41, 5.74) is 12.9. The molecule has 0 aromatic heterocycles. The minimum atomic E-state index is 1.22. The van der Waals surface area contributed by atoms with Crippen molar-refractivity contribution in [2.24, 2.45) is 0 Å². The highest BCUT2D eigenvalue weighted by molar-refractivity contribution is 6.21. The van der Waals surface area contributed by atoms with Crippen LogP contribution in [0.2, 0.25) is 0 Å². The highest BCUT2D eigenvalue weighted by atomic mass is 14.2. The van der Waals surface area contributed by atoms with E-state index in [2.05, 4.69) is 170 Å². The zero-order chi connectivity index (χ0) is 30.2. The van der Waals surface area contributed by atoms with Gasteiger partial charge in [-0.15, -0.1) is 0 Å². The van der Waals surface area contributed by atoms with E-state index in [0.29, 0.717) is 0 Å². The van der Waals surface area contributed by atoms with E-state index in [0.717, 1.165) is 0 Å². The molecule has 0 aliphatic heterocycles. The Balaban J connectivity index is 1.09. The summed E-state index contributed by atoms with van der Waals surface area (Å²) in [6, 6.07) is 62.7. The van der Waals surface area contributed by atoms with Crippen LogP contribution in [0.3, 0.4) is 0 Å². The molecule has 46 heavy (non-hydrogen) atoms. The molecule has 0 saturated heterocycles. The van der Waals surface area contributed by atoms with Crippen LogP contribution in [-0.4, -0.2) is 0 Å². The predicted molar refractivity (Wildman–Crippen MR) is 197 cm³/mol. The van der Waals surface area contributed by atoms with E-state index < -0.39 is 0 Å². The van der Waals surface area contributed by atoms with E-state index in [-0.39, 0.29) is 0 Å². The van der Waals surface area contributed by atoms with Gasteiger partial charge in [0.25, 0.3) is 0 Å². The summed E-state index contributed by atoms with van der Waals surface area (Å²) in [5.74, 6) is 0. The lowest BCUT2D eigenvalue weighted by molar-refractivity contribution is 1.60. The molecule has 9 aromatic carbocycles. The van der Waals surface area contributed by atoms with E-state index >= 15 is 0 Å². The maximum atomic E-state index is 2.36. The first-order chi connectivity index (χ1) is 22.8. The van der Waals surface area contributed by atoms with Gasteiger partial charge in [-0.25, -0.2) is 0 Å². The molecule has 0 N–H and O–H groups in total. The molecular formula is C46H28. The van der Waals surface area contributed by atoms with Gasteiger partial charge >= 0.3 is 0 Å². The van der Waals surface area contributed by atoms with Gasteiger partial charge in [-0.1, -0.05) is 158 Å². The first kappa shape index (κ1) is 25.4. The Morgan fingerprint density at radius 1 is 0.239 bits per heavy atom. The summed E-state index contributed by atoms with van der Waals surface area (Å²) >= 11 is 0. The summed E-state index contributed by atoms with van der Waals surface area (Å²) in [4.78, 5) is 0. The summed E-state index contributed by atoms with van der Waals surface area (Å²) in [6.45, 7) is 0. The fourth-order valence-corrected chi connectivity index (χ4v) is 7.89. The first-order valence-electron chi connectivity index (χ1n) is 16.0. The molecule has 0 heteroatoms. The fraction of sp³-hybridized carbons (Fsp3) is 0. The van der Waals surface area contributed by atoms with Crippen molar-refractivity contribution in [1.29, 1.82) is 0 Å². The van der Waals surface area contributed by atoms with E-state index in [4.69, 9.17) is 0 Å². The van der Waals surface area contributed by atoms with Gasteiger partial charge in [0.2, 0.25) is 0 Å². The summed E-state index contributed by atoms with van der Waals surface area (Å²) in [7, 11) is 0. The Bertz CT molecular complexity index is 2640. The number of benzene rings is 9. The Kier molecular flexibility index (Phi) is 5.38. The quantitative estimate of drug-likeness (QED) is 0.144. The van der Waals surface area contributed by atoms with Gasteiger partial charge in [-0.05, 0) is 111 Å². The molecule has 0 fully saturated rings. The van der Waals surface area contributed by atoms with Crippen molar-refractivity contribution in [1.82, 2.24) is 0 Å². The molecule has 0 amide bonds. The van der Waals surface area contributed by atoms with Crippen LogP contribution in [0, 0.1) is 0 Å². The standard InChI is InChI=1S/C46H28/c1-3-13-35-30(9-1)23-24-43-44(35)28-33-10-2-4-14-37(33)45(43)34-12-7-11-32(27-34)29-19-21-31(22-20-29)36-25-26-42-39-16-6-5-15-38(39)41-18-8-17-40(36)46(41)42/h1-28H. The van der Waals surface area contributed by atoms with Gasteiger partial charge < -0.3 is 0 Å². The molecule has 0 spiro atoms. The number of rotatable bonds is 3. The van der Waals surface area contributed by atoms with Crippen LogP contribution in [0.25, 0.3) is 98.7 Å². The lowest BCUT2D eigenvalue weighted by atomic mass is 9.88. The second kappa shape index (κ2) is 9.76. The van der Waals surface area contributed by atoms with Crippen LogP contribution >= 0.6 is 0 Å². The van der Waals surface area contributed by atoms with Crippen LogP contribution in [0.4, 0.5) is 0 Å². The molecule has 0 nitrogen and oxygen atoms in total. The SMILES string of the molecule is c1cc(-c2ccc(-c3ccc4c5c(cccc35)-c3ccccc3-4)cc2)cc(-c2c3ccccc3cc3c2ccc2ccccc23)c1. The largest absolute Gasteiger partial charge is 0.0616 e. The van der Waals surface area contributed by atoms with Gasteiger partial charge in [-0.2, -0.15) is 0 Å². The van der Waals surface area contributed by atoms with Crippen molar-refractivity contribution in [3.05, 3.63) is 170 Å². The van der Waals surface area contributed by atoms with Crippen molar-refractivity contribution >= 4 is 43.1 Å². The Morgan fingerprint density at radius 2 is 0.848 bits per heavy atom. The second-order valence-corrected chi connectivity index (χ2v) is 12.4. The van der Waals surface area contributed by atoms with Crippen molar-refractivity contribution in [3.8, 4) is 55.6 Å². The fourth-order valence-electron chi connectivity index (χ4n) is 7.89. The average Bonchev–Trinajstić information content (AvgIpc) is 3.46. The minimum Gasteiger partial charge on any atom is -0.0616 e. The van der Waals surface area contributed by atoms with Crippen molar-refractivity contribution in [2.45, 2.75) is 0 Å². The van der Waals surface area contributed by atoms with Crippen molar-refractivity contribution in [3.63, 3.8) is 0 Å². The van der Waals surface area contributed by atoms with Gasteiger partial charge in [0, 0.05) is 0 Å². The molecule has 9 aromatic rings. The Hall–Kier alpha value is -5.98. The zero-order valence-corrected chi connectivity index (χ0v) is 25.2. The summed E-state index contributed by atoms with van der Waals surface area (Å²) in [6.07, 6.45) is 0. The third-order valence-electron chi connectivity index (χ3n) is 10.00. The molecule has 0 bridgehead atoms.